The van der Waals surface area contributed by atoms with Crippen LogP contribution in [0, 0.1) is 5.92 Å². The van der Waals surface area contributed by atoms with Crippen molar-refractivity contribution < 1.29 is 40.2 Å². The Morgan fingerprint density at radius 2 is 1.19 bits per heavy atom. The second-order valence-corrected chi connectivity index (χ2v) is 8.58. The molecule has 0 fully saturated rings. The molecule has 0 aromatic heterocycles. The van der Waals surface area contributed by atoms with Crippen molar-refractivity contribution in [1.82, 2.24) is 0 Å². The predicted octanol–water partition coefficient (Wildman–Crippen LogP) is 2.01. The molecule has 0 heterocycles. The van der Waals surface area contributed by atoms with Crippen LogP contribution in [-0.2, 0) is 9.53 Å². The lowest BCUT2D eigenvalue weighted by atomic mass is 9.91. The van der Waals surface area contributed by atoms with Crippen molar-refractivity contribution in [2.24, 2.45) is 5.92 Å². The van der Waals surface area contributed by atoms with Gasteiger partial charge in [-0.2, -0.15) is 0 Å². The molecule has 8 heteroatoms. The number of carbonyl (C=O) groups is 1. The highest BCUT2D eigenvalue weighted by atomic mass is 16.6. The molecule has 0 aromatic rings. The number of unbranched alkanes of at least 4 members (excludes halogenated alkanes) is 8. The number of hydrogen-bond donors (Lipinski definition) is 6. The summed E-state index contributed by atoms with van der Waals surface area (Å²) in [6.45, 7) is 3.49. The summed E-state index contributed by atoms with van der Waals surface area (Å²) in [5.41, 5.74) is 0. The molecule has 0 aromatic carbocycles. The average molecular weight is 451 g/mol. The molecule has 0 amide bonds. The van der Waals surface area contributed by atoms with E-state index in [4.69, 9.17) is 9.84 Å². The van der Waals surface area contributed by atoms with Crippen molar-refractivity contribution >= 4 is 5.97 Å². The Hall–Kier alpha value is -0.770. The summed E-state index contributed by atoms with van der Waals surface area (Å²) in [5.74, 6) is -0.547. The molecule has 0 saturated heterocycles. The van der Waals surface area contributed by atoms with E-state index in [-0.39, 0.29) is 12.3 Å². The fourth-order valence-corrected chi connectivity index (χ4v) is 3.62. The number of esters is 1. The predicted molar refractivity (Wildman–Crippen MR) is 118 cm³/mol. The van der Waals surface area contributed by atoms with Crippen LogP contribution >= 0.6 is 0 Å². The third-order valence-electron chi connectivity index (χ3n) is 5.71. The first kappa shape index (κ1) is 30.2. The van der Waals surface area contributed by atoms with E-state index in [1.165, 1.54) is 25.7 Å². The molecule has 0 aliphatic carbocycles. The number of rotatable bonds is 20. The maximum absolute atomic E-state index is 12.3. The van der Waals surface area contributed by atoms with Crippen molar-refractivity contribution in [2.45, 2.75) is 128 Å². The molecule has 6 N–H and O–H groups in total. The lowest BCUT2D eigenvalue weighted by molar-refractivity contribution is -0.214. The fraction of sp³-hybridized carbons (Fsp3) is 0.957. The zero-order valence-corrected chi connectivity index (χ0v) is 19.4. The van der Waals surface area contributed by atoms with E-state index in [1.807, 2.05) is 0 Å². The number of hydrogen-bond acceptors (Lipinski definition) is 8. The van der Waals surface area contributed by atoms with Crippen LogP contribution in [0.5, 0.6) is 0 Å². The minimum absolute atomic E-state index is 0.114. The maximum atomic E-state index is 12.3. The molecule has 8 nitrogen and oxygen atoms in total. The molecular weight excluding hydrogens is 404 g/mol. The largest absolute Gasteiger partial charge is 0.433 e. The van der Waals surface area contributed by atoms with E-state index in [9.17, 15) is 30.3 Å². The van der Waals surface area contributed by atoms with Gasteiger partial charge in [0.25, 0.3) is 0 Å². The van der Waals surface area contributed by atoms with Gasteiger partial charge in [0.1, 0.15) is 24.4 Å². The SMILES string of the molecule is CCCCCCCCC(CCCCCC)CC(=O)OC(O)[C@@H](O)[C@@H](O)[C@H](O)[C@H](O)CO. The van der Waals surface area contributed by atoms with E-state index < -0.39 is 43.3 Å². The topological polar surface area (TPSA) is 148 Å². The Balaban J connectivity index is 4.57. The molecule has 31 heavy (non-hydrogen) atoms. The van der Waals surface area contributed by atoms with Gasteiger partial charge in [0.2, 0.25) is 6.29 Å². The Kier molecular flexibility index (Phi) is 18.3. The highest BCUT2D eigenvalue weighted by molar-refractivity contribution is 5.69. The number of carbonyl (C=O) groups excluding carboxylic acids is 1. The first-order valence-electron chi connectivity index (χ1n) is 12.0. The van der Waals surface area contributed by atoms with E-state index in [0.29, 0.717) is 0 Å². The first-order chi connectivity index (χ1) is 14.8. The van der Waals surface area contributed by atoms with Gasteiger partial charge in [-0.15, -0.1) is 0 Å². The normalized spacial score (nSPS) is 17.5. The molecule has 6 atom stereocenters. The minimum Gasteiger partial charge on any atom is -0.433 e. The minimum atomic E-state index is -2.04. The molecule has 0 saturated carbocycles. The summed E-state index contributed by atoms with van der Waals surface area (Å²) < 4.78 is 4.87. The molecule has 0 bridgehead atoms. The fourth-order valence-electron chi connectivity index (χ4n) is 3.62. The van der Waals surface area contributed by atoms with Gasteiger partial charge in [0.05, 0.1) is 6.61 Å². The van der Waals surface area contributed by atoms with E-state index in [0.717, 1.165) is 51.4 Å². The smallest absolute Gasteiger partial charge is 0.308 e. The van der Waals surface area contributed by atoms with E-state index in [1.54, 1.807) is 0 Å². The third kappa shape index (κ3) is 14.1. The molecule has 186 valence electrons. The van der Waals surface area contributed by atoms with Crippen LogP contribution in [0.25, 0.3) is 0 Å². The average Bonchev–Trinajstić information content (AvgIpc) is 2.76. The van der Waals surface area contributed by atoms with Gasteiger partial charge in [-0.05, 0) is 18.8 Å². The Morgan fingerprint density at radius 1 is 0.710 bits per heavy atom. The molecule has 2 unspecified atom stereocenters. The Labute approximate surface area is 187 Å². The maximum Gasteiger partial charge on any atom is 0.308 e. The Bertz CT molecular complexity index is 434. The van der Waals surface area contributed by atoms with Crippen molar-refractivity contribution in [3.63, 3.8) is 0 Å². The highest BCUT2D eigenvalue weighted by Crippen LogP contribution is 2.23. The third-order valence-corrected chi connectivity index (χ3v) is 5.71. The molecule has 0 radical (unpaired) electrons. The van der Waals surface area contributed by atoms with Crippen LogP contribution in [0.1, 0.15) is 97.3 Å². The second-order valence-electron chi connectivity index (χ2n) is 8.58. The number of ether oxygens (including phenoxy) is 1. The summed E-state index contributed by atoms with van der Waals surface area (Å²) in [6, 6.07) is 0. The van der Waals surface area contributed by atoms with Gasteiger partial charge in [-0.1, -0.05) is 78.1 Å². The zero-order valence-electron chi connectivity index (χ0n) is 19.4. The molecule has 0 rings (SSSR count). The van der Waals surface area contributed by atoms with Crippen molar-refractivity contribution in [3.05, 3.63) is 0 Å². The summed E-state index contributed by atoms with van der Waals surface area (Å²) in [5, 5.41) is 57.4. The van der Waals surface area contributed by atoms with Gasteiger partial charge >= 0.3 is 5.97 Å². The highest BCUT2D eigenvalue weighted by Gasteiger charge is 2.36. The number of aliphatic hydroxyl groups excluding tert-OH is 6. The summed E-state index contributed by atoms with van der Waals surface area (Å²) in [7, 11) is 0. The summed E-state index contributed by atoms with van der Waals surface area (Å²) >= 11 is 0. The van der Waals surface area contributed by atoms with Crippen molar-refractivity contribution in [2.75, 3.05) is 6.61 Å². The van der Waals surface area contributed by atoms with Crippen molar-refractivity contribution in [1.29, 1.82) is 0 Å². The van der Waals surface area contributed by atoms with Crippen LogP contribution in [0.15, 0.2) is 0 Å². The van der Waals surface area contributed by atoms with Gasteiger partial charge in [0, 0.05) is 6.42 Å². The first-order valence-corrected chi connectivity index (χ1v) is 12.0. The van der Waals surface area contributed by atoms with Crippen LogP contribution < -0.4 is 0 Å². The summed E-state index contributed by atoms with van der Waals surface area (Å²) in [4.78, 5) is 12.3. The molecule has 0 aliphatic rings. The molecular formula is C23H46O8. The van der Waals surface area contributed by atoms with Gasteiger partial charge in [0.15, 0.2) is 0 Å². The standard InChI is InChI=1S/C23H46O8/c1-3-5-7-9-10-12-14-17(13-11-8-6-4-2)15-19(26)31-23(30)22(29)21(28)20(27)18(25)16-24/h17-18,20-25,27-30H,3-16H2,1-2H3/t17?,18-,20-,21+,22+,23?/m1/s1. The van der Waals surface area contributed by atoms with E-state index >= 15 is 0 Å². The lowest BCUT2D eigenvalue weighted by Gasteiger charge is -2.28. The quantitative estimate of drug-likeness (QED) is 0.0937. The Morgan fingerprint density at radius 3 is 1.71 bits per heavy atom. The zero-order chi connectivity index (χ0) is 23.6. The van der Waals surface area contributed by atoms with Crippen LogP contribution in [0.3, 0.4) is 0 Å². The van der Waals surface area contributed by atoms with Gasteiger partial charge in [-0.3, -0.25) is 4.79 Å². The lowest BCUT2D eigenvalue weighted by Crippen LogP contribution is -2.51. The molecule has 0 aliphatic heterocycles. The monoisotopic (exact) mass is 450 g/mol. The summed E-state index contributed by atoms with van der Waals surface area (Å²) in [6.07, 6.45) is 3.69. The number of aliphatic hydroxyl groups is 6. The van der Waals surface area contributed by atoms with Crippen molar-refractivity contribution in [3.8, 4) is 0 Å². The van der Waals surface area contributed by atoms with Gasteiger partial charge in [-0.25, -0.2) is 0 Å². The van der Waals surface area contributed by atoms with Gasteiger partial charge < -0.3 is 35.4 Å². The second kappa shape index (κ2) is 18.8. The molecule has 0 spiro atoms. The van der Waals surface area contributed by atoms with Crippen LogP contribution in [0.2, 0.25) is 0 Å². The van der Waals surface area contributed by atoms with Crippen LogP contribution in [0.4, 0.5) is 0 Å². The van der Waals surface area contributed by atoms with Crippen LogP contribution in [-0.4, -0.2) is 73.9 Å². The van der Waals surface area contributed by atoms with E-state index in [2.05, 4.69) is 13.8 Å².